The van der Waals surface area contributed by atoms with Crippen molar-refractivity contribution < 1.29 is 23.8 Å². The second kappa shape index (κ2) is 9.76. The average Bonchev–Trinajstić information content (AvgIpc) is 3.10. The van der Waals surface area contributed by atoms with E-state index in [0.29, 0.717) is 24.2 Å². The summed E-state index contributed by atoms with van der Waals surface area (Å²) in [6.07, 6.45) is 0.991. The van der Waals surface area contributed by atoms with Crippen LogP contribution in [-0.4, -0.2) is 34.0 Å². The van der Waals surface area contributed by atoms with Crippen molar-refractivity contribution >= 4 is 39.4 Å². The average molecular weight is 547 g/mol. The van der Waals surface area contributed by atoms with E-state index in [-0.39, 0.29) is 17.5 Å². The fourth-order valence-corrected chi connectivity index (χ4v) is 4.80. The fourth-order valence-electron chi connectivity index (χ4n) is 4.24. The maximum Gasteiger partial charge on any atom is 0.323 e. The van der Waals surface area contributed by atoms with Gasteiger partial charge >= 0.3 is 5.97 Å². The molecule has 1 N–H and O–H groups in total. The third-order valence-corrected chi connectivity index (χ3v) is 6.47. The van der Waals surface area contributed by atoms with E-state index in [0.717, 1.165) is 21.2 Å². The predicted octanol–water partition coefficient (Wildman–Crippen LogP) is 5.90. The monoisotopic (exact) mass is 545 g/mol. The molecule has 0 saturated carbocycles. The van der Waals surface area contributed by atoms with E-state index in [1.54, 1.807) is 24.3 Å². The van der Waals surface area contributed by atoms with Gasteiger partial charge in [-0.2, -0.15) is 0 Å². The number of carboxylic acids is 1. The number of fused-ring (bicyclic) bond motifs is 1. The third kappa shape index (κ3) is 5.59. The van der Waals surface area contributed by atoms with Gasteiger partial charge in [-0.05, 0) is 66.1 Å². The molecule has 34 heavy (non-hydrogen) atoms. The van der Waals surface area contributed by atoms with Crippen LogP contribution in [0.15, 0.2) is 65.1 Å². The number of aliphatic carboxylic acids is 1. The van der Waals surface area contributed by atoms with E-state index in [1.807, 2.05) is 31.2 Å². The second-order valence-corrected chi connectivity index (χ2v) is 9.98. The first-order chi connectivity index (χ1) is 16.1. The molecule has 0 aromatic heterocycles. The molecule has 1 atom stereocenters. The summed E-state index contributed by atoms with van der Waals surface area (Å²) in [6.45, 7) is 1.68. The first-order valence-electron chi connectivity index (χ1n) is 10.6. The normalized spacial score (nSPS) is 16.6. The molecule has 1 heterocycles. The third-order valence-electron chi connectivity index (χ3n) is 5.67. The van der Waals surface area contributed by atoms with Crippen LogP contribution in [0.3, 0.4) is 0 Å². The Hall–Kier alpha value is -2.90. The highest BCUT2D eigenvalue weighted by atomic mass is 79.9. The van der Waals surface area contributed by atoms with Gasteiger partial charge in [-0.15, -0.1) is 0 Å². The topological polar surface area (TPSA) is 66.8 Å². The molecule has 3 aromatic rings. The van der Waals surface area contributed by atoms with E-state index in [9.17, 15) is 19.1 Å². The van der Waals surface area contributed by atoms with Gasteiger partial charge in [0.25, 0.3) is 5.91 Å². The number of hydrogen-bond acceptors (Lipinski definition) is 3. The lowest BCUT2D eigenvalue weighted by Gasteiger charge is -2.24. The Morgan fingerprint density at radius 1 is 1.15 bits per heavy atom. The number of rotatable bonds is 7. The van der Waals surface area contributed by atoms with E-state index >= 15 is 0 Å². The molecule has 0 aliphatic carbocycles. The molecule has 8 heteroatoms. The largest absolute Gasteiger partial charge is 0.487 e. The highest BCUT2D eigenvalue weighted by molar-refractivity contribution is 9.10. The molecule has 4 rings (SSSR count). The number of benzene rings is 3. The first kappa shape index (κ1) is 24.2. The van der Waals surface area contributed by atoms with Crippen LogP contribution >= 0.6 is 27.5 Å². The van der Waals surface area contributed by atoms with Crippen molar-refractivity contribution in [3.8, 4) is 5.75 Å². The number of nitrogens with zero attached hydrogens (tertiary/aromatic N) is 1. The minimum absolute atomic E-state index is 0.0708. The Kier molecular flexibility index (Phi) is 6.96. The van der Waals surface area contributed by atoms with Gasteiger partial charge < -0.3 is 14.7 Å². The molecule has 0 radical (unpaired) electrons. The van der Waals surface area contributed by atoms with Crippen molar-refractivity contribution in [2.24, 2.45) is 0 Å². The van der Waals surface area contributed by atoms with Crippen LogP contribution in [-0.2, 0) is 24.2 Å². The van der Waals surface area contributed by atoms with Gasteiger partial charge in [0.15, 0.2) is 0 Å². The van der Waals surface area contributed by atoms with E-state index in [4.69, 9.17) is 16.3 Å². The van der Waals surface area contributed by atoms with Crippen molar-refractivity contribution in [2.75, 3.05) is 6.54 Å². The molecule has 0 spiro atoms. The lowest BCUT2D eigenvalue weighted by atomic mass is 9.91. The Bertz CT molecular complexity index is 1270. The van der Waals surface area contributed by atoms with Crippen LogP contribution in [0, 0.1) is 5.82 Å². The van der Waals surface area contributed by atoms with Crippen molar-refractivity contribution in [3.05, 3.63) is 98.2 Å². The van der Waals surface area contributed by atoms with Crippen LogP contribution < -0.4 is 4.74 Å². The van der Waals surface area contributed by atoms with Gasteiger partial charge in [0.1, 0.15) is 23.7 Å². The van der Waals surface area contributed by atoms with E-state index in [2.05, 4.69) is 15.9 Å². The zero-order valence-electron chi connectivity index (χ0n) is 18.4. The Labute approximate surface area is 210 Å². The van der Waals surface area contributed by atoms with Crippen LogP contribution in [0.5, 0.6) is 5.75 Å². The molecule has 0 bridgehead atoms. The standard InChI is InChI=1S/C26H22BrClFNO4/c1-26(12-16-5-7-21(28)22(29)10-16)13-19-11-18(6-8-23(19)34-26)25(33)30(15-24(31)32)14-17-3-2-4-20(27)9-17/h2-11H,12-15H2,1H3,(H,31,32)/t26-/m0/s1. The molecular formula is C26H22BrClFNO4. The summed E-state index contributed by atoms with van der Waals surface area (Å²) < 4.78 is 20.9. The maximum absolute atomic E-state index is 13.9. The zero-order valence-corrected chi connectivity index (χ0v) is 20.7. The Morgan fingerprint density at radius 2 is 1.94 bits per heavy atom. The van der Waals surface area contributed by atoms with E-state index in [1.165, 1.54) is 17.0 Å². The molecular weight excluding hydrogens is 525 g/mol. The number of ether oxygens (including phenoxy) is 1. The minimum Gasteiger partial charge on any atom is -0.487 e. The van der Waals surface area contributed by atoms with Crippen LogP contribution in [0.25, 0.3) is 0 Å². The number of carbonyl (C=O) groups is 2. The summed E-state index contributed by atoms with van der Waals surface area (Å²) in [5.41, 5.74) is 2.20. The minimum atomic E-state index is -1.09. The highest BCUT2D eigenvalue weighted by Crippen LogP contribution is 2.38. The summed E-state index contributed by atoms with van der Waals surface area (Å²) in [7, 11) is 0. The second-order valence-electron chi connectivity index (χ2n) is 8.66. The lowest BCUT2D eigenvalue weighted by molar-refractivity contribution is -0.137. The molecule has 0 saturated heterocycles. The highest BCUT2D eigenvalue weighted by Gasteiger charge is 2.36. The van der Waals surface area contributed by atoms with Gasteiger partial charge in [-0.3, -0.25) is 9.59 Å². The summed E-state index contributed by atoms with van der Waals surface area (Å²) in [4.78, 5) is 26.0. The lowest BCUT2D eigenvalue weighted by Crippen LogP contribution is -2.35. The molecule has 5 nitrogen and oxygen atoms in total. The molecule has 0 fully saturated rings. The van der Waals surface area contributed by atoms with Gasteiger partial charge in [0.05, 0.1) is 5.02 Å². The van der Waals surface area contributed by atoms with Crippen LogP contribution in [0.4, 0.5) is 4.39 Å². The van der Waals surface area contributed by atoms with Gasteiger partial charge in [-0.25, -0.2) is 4.39 Å². The Morgan fingerprint density at radius 3 is 2.65 bits per heavy atom. The van der Waals surface area contributed by atoms with Gasteiger partial charge in [0.2, 0.25) is 0 Å². The summed E-state index contributed by atoms with van der Waals surface area (Å²) in [5, 5.41) is 9.43. The predicted molar refractivity (Wildman–Crippen MR) is 131 cm³/mol. The quantitative estimate of drug-likeness (QED) is 0.400. The molecule has 0 unspecified atom stereocenters. The van der Waals surface area contributed by atoms with E-state index < -0.39 is 23.9 Å². The molecule has 3 aromatic carbocycles. The number of carboxylic acid groups (broad SMARTS) is 1. The van der Waals surface area contributed by atoms with Crippen molar-refractivity contribution in [1.82, 2.24) is 4.90 Å². The van der Waals surface area contributed by atoms with Crippen LogP contribution in [0.1, 0.15) is 34.0 Å². The van der Waals surface area contributed by atoms with Crippen molar-refractivity contribution in [1.29, 1.82) is 0 Å². The van der Waals surface area contributed by atoms with Crippen molar-refractivity contribution in [3.63, 3.8) is 0 Å². The smallest absolute Gasteiger partial charge is 0.323 e. The molecule has 1 aliphatic heterocycles. The molecule has 1 amide bonds. The summed E-state index contributed by atoms with van der Waals surface area (Å²) in [6, 6.07) is 17.2. The van der Waals surface area contributed by atoms with Gasteiger partial charge in [0, 0.05) is 29.4 Å². The Balaban J connectivity index is 1.53. The van der Waals surface area contributed by atoms with Crippen LogP contribution in [0.2, 0.25) is 5.02 Å². The SMILES string of the molecule is C[C@]1(Cc2ccc(Cl)c(F)c2)Cc2cc(C(=O)N(CC(=O)O)Cc3cccc(Br)c3)ccc2O1. The maximum atomic E-state index is 13.9. The van der Waals surface area contributed by atoms with Gasteiger partial charge in [-0.1, -0.05) is 45.7 Å². The fraction of sp³-hybridized carbons (Fsp3) is 0.231. The molecule has 1 aliphatic rings. The number of halogens is 3. The summed E-state index contributed by atoms with van der Waals surface area (Å²) in [5.74, 6) is -1.28. The molecule has 176 valence electrons. The number of amides is 1. The zero-order chi connectivity index (χ0) is 24.5. The first-order valence-corrected chi connectivity index (χ1v) is 11.8. The number of carbonyl (C=O) groups excluding carboxylic acids is 1. The van der Waals surface area contributed by atoms with Crippen molar-refractivity contribution in [2.45, 2.75) is 31.9 Å². The summed E-state index contributed by atoms with van der Waals surface area (Å²) >= 11 is 9.19. The number of hydrogen-bond donors (Lipinski definition) is 1.